The maximum atomic E-state index is 12.8. The van der Waals surface area contributed by atoms with Gasteiger partial charge in [-0.15, -0.1) is 0 Å². The Labute approximate surface area is 173 Å². The number of ether oxygens (including phenoxy) is 1. The minimum absolute atomic E-state index is 0.0230. The summed E-state index contributed by atoms with van der Waals surface area (Å²) >= 11 is 11.8. The largest absolute Gasteiger partial charge is 0.504 e. The van der Waals surface area contributed by atoms with Gasteiger partial charge in [-0.1, -0.05) is 23.2 Å². The monoisotopic (exact) mass is 444 g/mol. The van der Waals surface area contributed by atoms with Crippen LogP contribution in [0.1, 0.15) is 24.0 Å². The zero-order valence-electron chi connectivity index (χ0n) is 14.6. The molecule has 1 aliphatic carbocycles. The van der Waals surface area contributed by atoms with Crippen LogP contribution in [-0.4, -0.2) is 28.6 Å². The molecule has 0 radical (unpaired) electrons. The number of carbonyl (C=O) groups is 1. The van der Waals surface area contributed by atoms with Gasteiger partial charge in [-0.3, -0.25) is 4.79 Å². The van der Waals surface area contributed by atoms with Crippen molar-refractivity contribution >= 4 is 40.7 Å². The lowest BCUT2D eigenvalue weighted by Gasteiger charge is -2.17. The third-order valence-electron chi connectivity index (χ3n) is 4.79. The van der Waals surface area contributed by atoms with E-state index in [0.29, 0.717) is 18.4 Å². The van der Waals surface area contributed by atoms with Gasteiger partial charge in [0.25, 0.3) is 5.91 Å². The van der Waals surface area contributed by atoms with E-state index in [-0.39, 0.29) is 27.4 Å². The van der Waals surface area contributed by atoms with E-state index in [1.54, 1.807) is 0 Å². The van der Waals surface area contributed by atoms with Gasteiger partial charge in [0.1, 0.15) is 5.54 Å². The number of nitrogens with one attached hydrogen (secondary N) is 1. The average Bonchev–Trinajstić information content (AvgIpc) is 3.30. The molecule has 1 amide bonds. The highest BCUT2D eigenvalue weighted by molar-refractivity contribution is 6.36. The number of hydrogen-bond acceptors (Lipinski definition) is 4. The first kappa shape index (κ1) is 19.8. The van der Waals surface area contributed by atoms with Crippen molar-refractivity contribution in [2.75, 3.05) is 5.32 Å². The maximum absolute atomic E-state index is 12.8. The molecule has 4 rings (SSSR count). The van der Waals surface area contributed by atoms with E-state index in [1.165, 1.54) is 24.3 Å². The smallest absolute Gasteiger partial charge is 0.416 e. The maximum Gasteiger partial charge on any atom is 0.416 e. The van der Waals surface area contributed by atoms with E-state index in [0.717, 1.165) is 12.1 Å². The average molecular weight is 445 g/mol. The minimum atomic E-state index is -4.45. The molecule has 1 heterocycles. The molecule has 1 spiro atoms. The van der Waals surface area contributed by atoms with Gasteiger partial charge in [-0.05, 0) is 49.2 Å². The fourth-order valence-corrected chi connectivity index (χ4v) is 3.60. The molecule has 1 aliphatic heterocycles. The van der Waals surface area contributed by atoms with E-state index in [1.807, 2.05) is 0 Å². The molecule has 5 nitrogen and oxygen atoms in total. The van der Waals surface area contributed by atoms with Crippen LogP contribution in [0.4, 0.5) is 18.9 Å². The number of halogens is 5. The number of carbonyl (C=O) groups excluding carboxylic acids is 1. The van der Waals surface area contributed by atoms with Crippen molar-refractivity contribution in [1.29, 1.82) is 0 Å². The number of rotatable bonds is 3. The lowest BCUT2D eigenvalue weighted by molar-refractivity contribution is -0.137. The molecule has 1 unspecified atom stereocenters. The molecule has 29 heavy (non-hydrogen) atoms. The molecule has 152 valence electrons. The summed E-state index contributed by atoms with van der Waals surface area (Å²) in [5, 5.41) is 12.7. The van der Waals surface area contributed by atoms with Gasteiger partial charge in [0, 0.05) is 10.6 Å². The second kappa shape index (κ2) is 6.81. The fraction of sp³-hybridized carbons (Fsp3) is 0.263. The highest BCUT2D eigenvalue weighted by Gasteiger charge is 2.59. The number of phenolic OH excluding ortho intramolecular Hbond substituents is 1. The molecule has 1 saturated carbocycles. The first-order valence-electron chi connectivity index (χ1n) is 8.52. The molecule has 2 aliphatic rings. The Hall–Kier alpha value is -2.45. The third-order valence-corrected chi connectivity index (χ3v) is 5.29. The first-order chi connectivity index (χ1) is 13.6. The van der Waals surface area contributed by atoms with Crippen LogP contribution in [0.25, 0.3) is 0 Å². The molecule has 0 saturated heterocycles. The van der Waals surface area contributed by atoms with Gasteiger partial charge < -0.3 is 15.2 Å². The summed E-state index contributed by atoms with van der Waals surface area (Å²) in [6.45, 7) is 0. The zero-order chi connectivity index (χ0) is 21.0. The van der Waals surface area contributed by atoms with Gasteiger partial charge in [0.2, 0.25) is 12.0 Å². The fourth-order valence-electron chi connectivity index (χ4n) is 3.10. The van der Waals surface area contributed by atoms with Gasteiger partial charge in [0.05, 0.1) is 16.3 Å². The van der Waals surface area contributed by atoms with Gasteiger partial charge in [0.15, 0.2) is 5.75 Å². The van der Waals surface area contributed by atoms with Crippen LogP contribution in [0, 0.1) is 0 Å². The summed E-state index contributed by atoms with van der Waals surface area (Å²) in [4.78, 5) is 17.2. The van der Waals surface area contributed by atoms with Gasteiger partial charge in [-0.2, -0.15) is 13.2 Å². The van der Waals surface area contributed by atoms with Crippen molar-refractivity contribution in [2.24, 2.45) is 4.99 Å². The van der Waals surface area contributed by atoms with Crippen molar-refractivity contribution in [3.8, 4) is 5.75 Å². The first-order valence-corrected chi connectivity index (χ1v) is 9.28. The molecule has 0 bridgehead atoms. The van der Waals surface area contributed by atoms with Crippen molar-refractivity contribution in [2.45, 2.75) is 30.7 Å². The summed E-state index contributed by atoms with van der Waals surface area (Å²) in [5.41, 5.74) is -1.19. The number of nitrogens with zero attached hydrogens (tertiary/aromatic N) is 1. The van der Waals surface area contributed by atoms with Gasteiger partial charge in [-0.25, -0.2) is 4.99 Å². The van der Waals surface area contributed by atoms with Crippen LogP contribution in [0.2, 0.25) is 10.0 Å². The lowest BCUT2D eigenvalue weighted by atomic mass is 10.1. The number of anilines is 1. The Bertz CT molecular complexity index is 1020. The highest BCUT2D eigenvalue weighted by atomic mass is 35.5. The van der Waals surface area contributed by atoms with Crippen LogP contribution in [0.3, 0.4) is 0 Å². The van der Waals surface area contributed by atoms with Crippen molar-refractivity contribution < 1.29 is 27.8 Å². The zero-order valence-corrected chi connectivity index (χ0v) is 16.1. The van der Waals surface area contributed by atoms with Crippen molar-refractivity contribution in [3.63, 3.8) is 0 Å². The normalized spacial score (nSPS) is 19.6. The molecule has 2 aromatic rings. The summed E-state index contributed by atoms with van der Waals surface area (Å²) < 4.78 is 43.9. The molecule has 10 heteroatoms. The standard InChI is InChI=1S/C19H13Cl2F3N2O3/c20-11-7-12(21)14(27)13(8-11)25-16(28)15-18(5-6-18)26-17(29-15)9-1-3-10(4-2-9)19(22,23)24/h1-4,7-8,15,27H,5-6H2,(H,25,28). The Balaban J connectivity index is 1.54. The van der Waals surface area contributed by atoms with E-state index >= 15 is 0 Å². The van der Waals surface area contributed by atoms with E-state index < -0.39 is 29.3 Å². The Morgan fingerprint density at radius 2 is 1.86 bits per heavy atom. The topological polar surface area (TPSA) is 70.9 Å². The van der Waals surface area contributed by atoms with Crippen LogP contribution < -0.4 is 5.32 Å². The minimum Gasteiger partial charge on any atom is -0.504 e. The number of aromatic hydroxyl groups is 1. The predicted octanol–water partition coefficient (Wildman–Crippen LogP) is 5.03. The Kier molecular flexibility index (Phi) is 4.66. The summed E-state index contributed by atoms with van der Waals surface area (Å²) in [7, 11) is 0. The number of amides is 1. The number of aliphatic imine (C=N–C) groups is 1. The van der Waals surface area contributed by atoms with Crippen LogP contribution >= 0.6 is 23.2 Å². The van der Waals surface area contributed by atoms with E-state index in [2.05, 4.69) is 10.3 Å². The molecule has 1 atom stereocenters. The summed E-state index contributed by atoms with van der Waals surface area (Å²) in [6.07, 6.45) is -4.25. The molecule has 0 aromatic heterocycles. The molecular weight excluding hydrogens is 432 g/mol. The summed E-state index contributed by atoms with van der Waals surface area (Å²) in [6, 6.07) is 7.03. The number of phenols is 1. The number of alkyl halides is 3. The number of hydrogen-bond donors (Lipinski definition) is 2. The third kappa shape index (κ3) is 3.74. The molecule has 2 N–H and O–H groups in total. The second-order valence-corrected chi connectivity index (χ2v) is 7.71. The van der Waals surface area contributed by atoms with E-state index in [9.17, 15) is 23.1 Å². The lowest BCUT2D eigenvalue weighted by Crippen LogP contribution is -2.37. The van der Waals surface area contributed by atoms with Crippen molar-refractivity contribution in [3.05, 3.63) is 57.6 Å². The second-order valence-electron chi connectivity index (χ2n) is 6.87. The van der Waals surface area contributed by atoms with Crippen molar-refractivity contribution in [1.82, 2.24) is 0 Å². The predicted molar refractivity (Wildman–Crippen MR) is 102 cm³/mol. The SMILES string of the molecule is O=C(Nc1cc(Cl)cc(Cl)c1O)C1OC(c2ccc(C(F)(F)F)cc2)=NC12CC2. The molecule has 2 aromatic carbocycles. The summed E-state index contributed by atoms with van der Waals surface area (Å²) in [5.74, 6) is -0.803. The Morgan fingerprint density at radius 3 is 2.45 bits per heavy atom. The van der Waals surface area contributed by atoms with Crippen LogP contribution in [0.5, 0.6) is 5.75 Å². The molecular formula is C19H13Cl2F3N2O3. The van der Waals surface area contributed by atoms with Crippen LogP contribution in [-0.2, 0) is 15.7 Å². The molecule has 1 fully saturated rings. The van der Waals surface area contributed by atoms with Crippen LogP contribution in [0.15, 0.2) is 41.4 Å². The number of benzene rings is 2. The van der Waals surface area contributed by atoms with E-state index in [4.69, 9.17) is 27.9 Å². The van der Waals surface area contributed by atoms with Gasteiger partial charge >= 0.3 is 6.18 Å². The quantitative estimate of drug-likeness (QED) is 0.651. The highest BCUT2D eigenvalue weighted by Crippen LogP contribution is 2.49. The Morgan fingerprint density at radius 1 is 1.21 bits per heavy atom.